The maximum absolute atomic E-state index is 12.8. The minimum absolute atomic E-state index is 0.0706. The summed E-state index contributed by atoms with van der Waals surface area (Å²) in [6.45, 7) is 7.36. The molecule has 1 aromatic rings. The van der Waals surface area contributed by atoms with Crippen LogP contribution in [0.25, 0.3) is 0 Å². The molecule has 4 nitrogen and oxygen atoms in total. The number of carbonyl (C=O) groups is 2. The molecule has 1 N–H and O–H groups in total. The van der Waals surface area contributed by atoms with E-state index in [9.17, 15) is 14.7 Å². The summed E-state index contributed by atoms with van der Waals surface area (Å²) in [5, 5.41) is 11.5. The lowest BCUT2D eigenvalue weighted by molar-refractivity contribution is -0.134. The molecule has 0 saturated carbocycles. The molecular weight excluding hydrogens is 340 g/mol. The first-order valence-electron chi connectivity index (χ1n) is 9.06. The summed E-state index contributed by atoms with van der Waals surface area (Å²) in [7, 11) is 1.32. The summed E-state index contributed by atoms with van der Waals surface area (Å²) >= 11 is 0. The van der Waals surface area contributed by atoms with Crippen LogP contribution in [0.15, 0.2) is 65.3 Å². The van der Waals surface area contributed by atoms with Gasteiger partial charge in [-0.05, 0) is 36.6 Å². The summed E-state index contributed by atoms with van der Waals surface area (Å²) < 4.78 is 4.63. The number of methoxy groups -OCH3 is 1. The number of carbonyl (C=O) groups excluding carboxylic acids is 2. The molecule has 0 unspecified atom stereocenters. The Morgan fingerprint density at radius 1 is 1.26 bits per heavy atom. The lowest BCUT2D eigenvalue weighted by Gasteiger charge is -2.46. The van der Waals surface area contributed by atoms with E-state index < -0.39 is 17.0 Å². The Morgan fingerprint density at radius 2 is 1.89 bits per heavy atom. The molecule has 0 amide bonds. The third kappa shape index (κ3) is 4.45. The number of rotatable bonds is 5. The van der Waals surface area contributed by atoms with Crippen LogP contribution < -0.4 is 0 Å². The summed E-state index contributed by atoms with van der Waals surface area (Å²) in [4.78, 5) is 24.2. The van der Waals surface area contributed by atoms with Crippen molar-refractivity contribution in [3.63, 3.8) is 0 Å². The number of ketones is 1. The fourth-order valence-electron chi connectivity index (χ4n) is 3.52. The first-order valence-corrected chi connectivity index (χ1v) is 9.06. The fourth-order valence-corrected chi connectivity index (χ4v) is 3.52. The second-order valence-corrected chi connectivity index (χ2v) is 7.76. The van der Waals surface area contributed by atoms with E-state index >= 15 is 0 Å². The monoisotopic (exact) mass is 368 g/mol. The van der Waals surface area contributed by atoms with Gasteiger partial charge in [0.05, 0.1) is 7.11 Å². The molecule has 1 aromatic carbocycles. The molecule has 144 valence electrons. The molecule has 0 saturated heterocycles. The molecule has 1 aliphatic carbocycles. The lowest BCUT2D eigenvalue weighted by Crippen LogP contribution is -2.49. The Labute approximate surface area is 161 Å². The van der Waals surface area contributed by atoms with Gasteiger partial charge in [-0.15, -0.1) is 0 Å². The number of hydrogen-bond acceptors (Lipinski definition) is 4. The van der Waals surface area contributed by atoms with E-state index in [2.05, 4.69) is 4.74 Å². The van der Waals surface area contributed by atoms with Gasteiger partial charge in [0, 0.05) is 29.9 Å². The highest BCUT2D eigenvalue weighted by Crippen LogP contribution is 2.47. The normalized spacial score (nSPS) is 23.0. The van der Waals surface area contributed by atoms with Crippen molar-refractivity contribution in [3.8, 4) is 0 Å². The number of ether oxygens (including phenoxy) is 1. The van der Waals surface area contributed by atoms with Crippen LogP contribution in [-0.2, 0) is 20.7 Å². The molecule has 2 rings (SSSR count). The van der Waals surface area contributed by atoms with Gasteiger partial charge in [0.2, 0.25) is 0 Å². The van der Waals surface area contributed by atoms with Crippen molar-refractivity contribution in [1.82, 2.24) is 0 Å². The third-order valence-corrected chi connectivity index (χ3v) is 5.35. The molecular formula is C23H28O4. The van der Waals surface area contributed by atoms with E-state index in [1.807, 2.05) is 51.1 Å². The Bertz CT molecular complexity index is 812. The zero-order chi connectivity index (χ0) is 20.2. The number of aliphatic hydroxyl groups is 1. The fraction of sp³-hybridized carbons (Fsp3) is 0.391. The minimum Gasteiger partial charge on any atom is -0.466 e. The van der Waals surface area contributed by atoms with Crippen molar-refractivity contribution in [2.45, 2.75) is 46.1 Å². The Hall–Kier alpha value is -2.46. The van der Waals surface area contributed by atoms with Crippen LogP contribution in [0.2, 0.25) is 0 Å². The van der Waals surface area contributed by atoms with Crippen molar-refractivity contribution in [2.75, 3.05) is 7.11 Å². The number of Topliss-reactive ketones (excluding diaryl/α,β-unsaturated/α-hetero) is 1. The van der Waals surface area contributed by atoms with Crippen molar-refractivity contribution >= 4 is 11.8 Å². The van der Waals surface area contributed by atoms with Gasteiger partial charge in [-0.25, -0.2) is 4.79 Å². The molecule has 1 aliphatic rings. The highest BCUT2D eigenvalue weighted by Gasteiger charge is 2.49. The highest BCUT2D eigenvalue weighted by molar-refractivity contribution is 5.98. The van der Waals surface area contributed by atoms with Crippen molar-refractivity contribution in [2.24, 2.45) is 5.41 Å². The molecule has 0 spiro atoms. The van der Waals surface area contributed by atoms with Crippen LogP contribution in [0.4, 0.5) is 0 Å². The SMILES string of the molecule is COC(=O)/C=C(C)\C=C\[C@@]1(O)C(C)=C(Cc2ccccc2)C(=O)CC1(C)C. The van der Waals surface area contributed by atoms with Crippen LogP contribution in [0.1, 0.15) is 39.7 Å². The highest BCUT2D eigenvalue weighted by atomic mass is 16.5. The summed E-state index contributed by atoms with van der Waals surface area (Å²) in [5.41, 5.74) is 1.08. The van der Waals surface area contributed by atoms with E-state index in [-0.39, 0.29) is 12.2 Å². The molecule has 1 atom stereocenters. The topological polar surface area (TPSA) is 63.6 Å². The average molecular weight is 368 g/mol. The van der Waals surface area contributed by atoms with Gasteiger partial charge in [-0.2, -0.15) is 0 Å². The van der Waals surface area contributed by atoms with E-state index in [1.54, 1.807) is 19.1 Å². The second kappa shape index (κ2) is 8.05. The average Bonchev–Trinajstić information content (AvgIpc) is 2.62. The number of esters is 1. The number of hydrogen-bond donors (Lipinski definition) is 1. The Kier molecular flexibility index (Phi) is 6.22. The standard InChI is InChI=1S/C23H28O4/c1-16(13-21(25)27-5)11-12-23(26)17(2)19(20(24)15-22(23,3)4)14-18-9-7-6-8-10-18/h6-13,26H,14-15H2,1-5H3/b12-11+,16-13-/t23-/m1/s1. The van der Waals surface area contributed by atoms with Crippen molar-refractivity contribution in [1.29, 1.82) is 0 Å². The molecule has 0 radical (unpaired) electrons. The van der Waals surface area contributed by atoms with Gasteiger partial charge in [0.1, 0.15) is 5.60 Å². The molecule has 0 fully saturated rings. The van der Waals surface area contributed by atoms with Gasteiger partial charge in [-0.1, -0.05) is 50.3 Å². The van der Waals surface area contributed by atoms with Crippen LogP contribution in [0.3, 0.4) is 0 Å². The quantitative estimate of drug-likeness (QED) is 0.486. The van der Waals surface area contributed by atoms with Gasteiger partial charge in [-0.3, -0.25) is 4.79 Å². The summed E-state index contributed by atoms with van der Waals surface area (Å²) in [6, 6.07) is 9.77. The largest absolute Gasteiger partial charge is 0.466 e. The van der Waals surface area contributed by atoms with E-state index in [1.165, 1.54) is 13.2 Å². The Morgan fingerprint density at radius 3 is 2.48 bits per heavy atom. The van der Waals surface area contributed by atoms with Gasteiger partial charge in [0.15, 0.2) is 5.78 Å². The van der Waals surface area contributed by atoms with Crippen LogP contribution in [0, 0.1) is 5.41 Å². The van der Waals surface area contributed by atoms with Gasteiger partial charge < -0.3 is 9.84 Å². The van der Waals surface area contributed by atoms with E-state index in [4.69, 9.17) is 0 Å². The Balaban J connectivity index is 2.45. The molecule has 0 heterocycles. The van der Waals surface area contributed by atoms with Crippen LogP contribution in [-0.4, -0.2) is 29.6 Å². The zero-order valence-electron chi connectivity index (χ0n) is 16.7. The second-order valence-electron chi connectivity index (χ2n) is 7.76. The van der Waals surface area contributed by atoms with Crippen LogP contribution in [0.5, 0.6) is 0 Å². The minimum atomic E-state index is -1.28. The van der Waals surface area contributed by atoms with Crippen molar-refractivity contribution < 1.29 is 19.4 Å². The van der Waals surface area contributed by atoms with Gasteiger partial charge >= 0.3 is 5.97 Å². The molecule has 4 heteroatoms. The number of benzene rings is 1. The van der Waals surface area contributed by atoms with E-state index in [0.29, 0.717) is 23.1 Å². The van der Waals surface area contributed by atoms with E-state index in [0.717, 1.165) is 5.56 Å². The molecule has 27 heavy (non-hydrogen) atoms. The maximum atomic E-state index is 12.8. The lowest BCUT2D eigenvalue weighted by atomic mass is 9.62. The smallest absolute Gasteiger partial charge is 0.330 e. The predicted molar refractivity (Wildman–Crippen MR) is 106 cm³/mol. The maximum Gasteiger partial charge on any atom is 0.330 e. The first kappa shape index (κ1) is 20.8. The van der Waals surface area contributed by atoms with Gasteiger partial charge in [0.25, 0.3) is 0 Å². The molecule has 0 bridgehead atoms. The predicted octanol–water partition coefficient (Wildman–Crippen LogP) is 3.95. The first-order chi connectivity index (χ1) is 12.6. The number of allylic oxidation sites excluding steroid dienone is 3. The van der Waals surface area contributed by atoms with Crippen molar-refractivity contribution in [3.05, 3.63) is 70.8 Å². The summed E-state index contributed by atoms with van der Waals surface area (Å²) in [6.07, 6.45) is 5.51. The molecule has 0 aromatic heterocycles. The zero-order valence-corrected chi connectivity index (χ0v) is 16.7. The summed E-state index contributed by atoms with van der Waals surface area (Å²) in [5.74, 6) is -0.375. The molecule has 0 aliphatic heterocycles. The van der Waals surface area contributed by atoms with Crippen LogP contribution >= 0.6 is 0 Å². The third-order valence-electron chi connectivity index (χ3n) is 5.35.